The van der Waals surface area contributed by atoms with Crippen LogP contribution in [0.3, 0.4) is 0 Å². The number of ether oxygens (including phenoxy) is 2. The van der Waals surface area contributed by atoms with Gasteiger partial charge in [0.25, 0.3) is 5.91 Å². The molecule has 0 aliphatic heterocycles. The van der Waals surface area contributed by atoms with Gasteiger partial charge in [0.2, 0.25) is 0 Å². The lowest BCUT2D eigenvalue weighted by atomic mass is 9.95. The Morgan fingerprint density at radius 1 is 1.25 bits per heavy atom. The van der Waals surface area contributed by atoms with Crippen molar-refractivity contribution >= 4 is 21.8 Å². The molecule has 128 valence electrons. The molecule has 0 saturated heterocycles. The molecule has 1 atom stereocenters. The Balaban J connectivity index is 2.19. The van der Waals surface area contributed by atoms with Crippen LogP contribution in [-0.4, -0.2) is 26.7 Å². The fourth-order valence-electron chi connectivity index (χ4n) is 2.32. The van der Waals surface area contributed by atoms with Gasteiger partial charge in [-0.15, -0.1) is 0 Å². The molecule has 4 nitrogen and oxygen atoms in total. The molecule has 2 aromatic carbocycles. The maximum atomic E-state index is 14.1. The van der Waals surface area contributed by atoms with E-state index in [0.29, 0.717) is 21.3 Å². The molecule has 0 aliphatic carbocycles. The number of amides is 1. The van der Waals surface area contributed by atoms with Crippen LogP contribution in [-0.2, 0) is 10.3 Å². The minimum Gasteiger partial charge on any atom is -0.497 e. The van der Waals surface area contributed by atoms with Gasteiger partial charge < -0.3 is 14.8 Å². The molecule has 0 spiro atoms. The summed E-state index contributed by atoms with van der Waals surface area (Å²) >= 11 is 3.35. The predicted octanol–water partition coefficient (Wildman–Crippen LogP) is 3.89. The third kappa shape index (κ3) is 3.94. The van der Waals surface area contributed by atoms with Gasteiger partial charge in [-0.1, -0.05) is 18.2 Å². The Labute approximate surface area is 149 Å². The average Bonchev–Trinajstić information content (AvgIpc) is 2.60. The summed E-state index contributed by atoms with van der Waals surface area (Å²) in [5.41, 5.74) is -0.161. The van der Waals surface area contributed by atoms with E-state index in [2.05, 4.69) is 21.2 Å². The van der Waals surface area contributed by atoms with Crippen molar-refractivity contribution in [2.45, 2.75) is 12.5 Å². The second-order valence-corrected chi connectivity index (χ2v) is 6.30. The molecule has 2 rings (SSSR count). The van der Waals surface area contributed by atoms with E-state index >= 15 is 0 Å². The van der Waals surface area contributed by atoms with Gasteiger partial charge >= 0.3 is 0 Å². The van der Waals surface area contributed by atoms with Crippen LogP contribution in [0.2, 0.25) is 0 Å². The number of hydrogen-bond donors (Lipinski definition) is 1. The van der Waals surface area contributed by atoms with Gasteiger partial charge in [-0.05, 0) is 47.1 Å². The number of nitrogens with one attached hydrogen (secondary N) is 1. The van der Waals surface area contributed by atoms with Crippen LogP contribution in [0.25, 0.3) is 0 Å². The van der Waals surface area contributed by atoms with Crippen LogP contribution in [0.15, 0.2) is 46.9 Å². The lowest BCUT2D eigenvalue weighted by molar-refractivity contribution is 0.000381. The van der Waals surface area contributed by atoms with Crippen molar-refractivity contribution in [3.05, 3.63) is 63.9 Å². The van der Waals surface area contributed by atoms with E-state index in [0.717, 1.165) is 0 Å². The highest BCUT2D eigenvalue weighted by Gasteiger charge is 2.30. The van der Waals surface area contributed by atoms with Crippen molar-refractivity contribution in [2.75, 3.05) is 20.8 Å². The average molecular weight is 396 g/mol. The van der Waals surface area contributed by atoms with Gasteiger partial charge in [-0.25, -0.2) is 4.39 Å². The van der Waals surface area contributed by atoms with Gasteiger partial charge in [0.15, 0.2) is 0 Å². The maximum Gasteiger partial charge on any atom is 0.252 e. The molecule has 6 heteroatoms. The van der Waals surface area contributed by atoms with E-state index in [1.54, 1.807) is 43.3 Å². The molecule has 24 heavy (non-hydrogen) atoms. The lowest BCUT2D eigenvalue weighted by Gasteiger charge is -2.29. The van der Waals surface area contributed by atoms with Crippen LogP contribution in [0.4, 0.5) is 4.39 Å². The summed E-state index contributed by atoms with van der Waals surface area (Å²) in [6, 6.07) is 11.5. The molecule has 1 N–H and O–H groups in total. The highest BCUT2D eigenvalue weighted by Crippen LogP contribution is 2.27. The fourth-order valence-corrected chi connectivity index (χ4v) is 2.74. The Hall–Kier alpha value is -1.92. The lowest BCUT2D eigenvalue weighted by Crippen LogP contribution is -2.40. The summed E-state index contributed by atoms with van der Waals surface area (Å²) in [6.45, 7) is 1.85. The normalized spacial score (nSPS) is 13.2. The van der Waals surface area contributed by atoms with Gasteiger partial charge in [0.05, 0.1) is 19.2 Å². The topological polar surface area (TPSA) is 47.6 Å². The van der Waals surface area contributed by atoms with Crippen LogP contribution >= 0.6 is 15.9 Å². The van der Waals surface area contributed by atoms with Crippen LogP contribution in [0, 0.1) is 5.82 Å². The van der Waals surface area contributed by atoms with Crippen molar-refractivity contribution in [1.29, 1.82) is 0 Å². The third-order valence-corrected chi connectivity index (χ3v) is 4.59. The number of carbonyl (C=O) groups excluding carboxylic acids is 1. The molecule has 1 amide bonds. The Kier molecular flexibility index (Phi) is 5.96. The van der Waals surface area contributed by atoms with E-state index in [1.807, 2.05) is 0 Å². The highest BCUT2D eigenvalue weighted by atomic mass is 79.9. The SMILES string of the molecule is COc1ccc(Br)c(C(=O)NC[C@@](C)(OC)c2ccccc2F)c1. The second kappa shape index (κ2) is 7.77. The molecular formula is C18H19BrFNO3. The van der Waals surface area contributed by atoms with Crippen LogP contribution in [0.1, 0.15) is 22.8 Å². The first kappa shape index (κ1) is 18.4. The molecule has 0 saturated carbocycles. The summed E-state index contributed by atoms with van der Waals surface area (Å²) in [5.74, 6) is -0.106. The van der Waals surface area contributed by atoms with E-state index in [4.69, 9.17) is 9.47 Å². The van der Waals surface area contributed by atoms with Crippen molar-refractivity contribution in [3.63, 3.8) is 0 Å². The zero-order valence-electron chi connectivity index (χ0n) is 13.7. The number of carbonyl (C=O) groups is 1. The molecule has 0 radical (unpaired) electrons. The van der Waals surface area contributed by atoms with Crippen molar-refractivity contribution < 1.29 is 18.7 Å². The maximum absolute atomic E-state index is 14.1. The largest absolute Gasteiger partial charge is 0.497 e. The summed E-state index contributed by atoms with van der Waals surface area (Å²) < 4.78 is 25.3. The van der Waals surface area contributed by atoms with E-state index in [1.165, 1.54) is 20.3 Å². The molecular weight excluding hydrogens is 377 g/mol. The first-order valence-electron chi connectivity index (χ1n) is 7.33. The minimum absolute atomic E-state index is 0.118. The Morgan fingerprint density at radius 2 is 1.96 bits per heavy atom. The molecule has 0 bridgehead atoms. The molecule has 0 fully saturated rings. The van der Waals surface area contributed by atoms with Gasteiger partial charge in [0, 0.05) is 17.1 Å². The number of methoxy groups -OCH3 is 2. The van der Waals surface area contributed by atoms with E-state index in [9.17, 15) is 9.18 Å². The van der Waals surface area contributed by atoms with Crippen LogP contribution in [0.5, 0.6) is 5.75 Å². The first-order chi connectivity index (χ1) is 11.4. The summed E-state index contributed by atoms with van der Waals surface area (Å²) in [5, 5.41) is 2.79. The summed E-state index contributed by atoms with van der Waals surface area (Å²) in [4.78, 5) is 12.5. The standard InChI is InChI=1S/C18H19BrFNO3/c1-18(24-3,14-6-4-5-7-16(14)20)11-21-17(22)13-10-12(23-2)8-9-15(13)19/h4-10H,11H2,1-3H3,(H,21,22)/t18-/m1/s1. The number of hydrogen-bond acceptors (Lipinski definition) is 3. The predicted molar refractivity (Wildman–Crippen MR) is 93.8 cm³/mol. The van der Waals surface area contributed by atoms with Crippen molar-refractivity contribution in [3.8, 4) is 5.75 Å². The zero-order valence-corrected chi connectivity index (χ0v) is 15.3. The zero-order chi connectivity index (χ0) is 17.7. The van der Waals surface area contributed by atoms with E-state index < -0.39 is 5.60 Å². The Bertz CT molecular complexity index is 738. The summed E-state index contributed by atoms with van der Waals surface area (Å²) in [6.07, 6.45) is 0. The number of halogens is 2. The van der Waals surface area contributed by atoms with Crippen molar-refractivity contribution in [2.24, 2.45) is 0 Å². The minimum atomic E-state index is -0.980. The van der Waals surface area contributed by atoms with Gasteiger partial charge in [0.1, 0.15) is 17.2 Å². The van der Waals surface area contributed by atoms with Gasteiger partial charge in [-0.3, -0.25) is 4.79 Å². The summed E-state index contributed by atoms with van der Waals surface area (Å²) in [7, 11) is 3.02. The number of rotatable bonds is 6. The van der Waals surface area contributed by atoms with Crippen molar-refractivity contribution in [1.82, 2.24) is 5.32 Å². The molecule has 0 heterocycles. The second-order valence-electron chi connectivity index (χ2n) is 5.44. The highest BCUT2D eigenvalue weighted by molar-refractivity contribution is 9.10. The fraction of sp³-hybridized carbons (Fsp3) is 0.278. The first-order valence-corrected chi connectivity index (χ1v) is 8.12. The monoisotopic (exact) mass is 395 g/mol. The Morgan fingerprint density at radius 3 is 2.58 bits per heavy atom. The quantitative estimate of drug-likeness (QED) is 0.806. The van der Waals surface area contributed by atoms with Crippen LogP contribution < -0.4 is 10.1 Å². The molecule has 0 unspecified atom stereocenters. The molecule has 0 aromatic heterocycles. The molecule has 2 aromatic rings. The molecule has 0 aliphatic rings. The van der Waals surface area contributed by atoms with Gasteiger partial charge in [-0.2, -0.15) is 0 Å². The number of benzene rings is 2. The smallest absolute Gasteiger partial charge is 0.252 e. The third-order valence-electron chi connectivity index (χ3n) is 3.90. The van der Waals surface area contributed by atoms with E-state index in [-0.39, 0.29) is 18.3 Å².